The summed E-state index contributed by atoms with van der Waals surface area (Å²) in [5.41, 5.74) is 1.31. The first-order valence-electron chi connectivity index (χ1n) is 10.2. The van der Waals surface area contributed by atoms with Gasteiger partial charge in [-0.15, -0.1) is 0 Å². The third kappa shape index (κ3) is 5.13. The maximum atomic E-state index is 4.44. The highest BCUT2D eigenvalue weighted by molar-refractivity contribution is 5.80. The van der Waals surface area contributed by atoms with E-state index in [0.717, 1.165) is 37.9 Å². The molecule has 2 unspecified atom stereocenters. The lowest BCUT2D eigenvalue weighted by Gasteiger charge is -2.35. The Morgan fingerprint density at radius 1 is 1.15 bits per heavy atom. The molecule has 1 aromatic carbocycles. The van der Waals surface area contributed by atoms with Gasteiger partial charge in [0.1, 0.15) is 0 Å². The third-order valence-electron chi connectivity index (χ3n) is 5.88. The molecule has 5 nitrogen and oxygen atoms in total. The molecule has 5 heteroatoms. The monoisotopic (exact) mass is 357 g/mol. The summed E-state index contributed by atoms with van der Waals surface area (Å²) in [6, 6.07) is 11.7. The molecule has 3 rings (SSSR count). The van der Waals surface area contributed by atoms with Crippen LogP contribution in [0.5, 0.6) is 0 Å². The number of guanidine groups is 1. The third-order valence-corrected chi connectivity index (χ3v) is 5.88. The molecule has 2 heterocycles. The topological polar surface area (TPSA) is 42.9 Å². The van der Waals surface area contributed by atoms with Gasteiger partial charge in [0.25, 0.3) is 0 Å². The smallest absolute Gasteiger partial charge is 0.191 e. The second-order valence-corrected chi connectivity index (χ2v) is 7.93. The number of anilines is 1. The number of para-hydroxylation sites is 1. The minimum atomic E-state index is 0.451. The van der Waals surface area contributed by atoms with Crippen molar-refractivity contribution in [2.75, 3.05) is 44.7 Å². The SMILES string of the molecule is CN=C(NCC(C)N1CCC(C)CC1)NC1CCN(c2ccccc2)C1. The standard InChI is InChI=1S/C21H35N5/c1-17-9-12-25(13-10-17)18(2)15-23-21(22-3)24-19-11-14-26(16-19)20-7-5-4-6-8-20/h4-8,17-19H,9-16H2,1-3H3,(H2,22,23,24). The van der Waals surface area contributed by atoms with Crippen LogP contribution in [0.4, 0.5) is 5.69 Å². The summed E-state index contributed by atoms with van der Waals surface area (Å²) in [5.74, 6) is 1.82. The van der Waals surface area contributed by atoms with Gasteiger partial charge in [-0.05, 0) is 57.3 Å². The molecule has 0 bridgehead atoms. The molecule has 26 heavy (non-hydrogen) atoms. The van der Waals surface area contributed by atoms with Crippen LogP contribution in [0.15, 0.2) is 35.3 Å². The van der Waals surface area contributed by atoms with Crippen LogP contribution in [0, 0.1) is 5.92 Å². The summed E-state index contributed by atoms with van der Waals surface area (Å²) >= 11 is 0. The van der Waals surface area contributed by atoms with Crippen LogP contribution in [-0.4, -0.2) is 62.7 Å². The highest BCUT2D eigenvalue weighted by Crippen LogP contribution is 2.20. The number of piperidine rings is 1. The van der Waals surface area contributed by atoms with Gasteiger partial charge in [-0.25, -0.2) is 0 Å². The molecular formula is C21H35N5. The normalized spacial score (nSPS) is 23.9. The van der Waals surface area contributed by atoms with Gasteiger partial charge in [0.15, 0.2) is 5.96 Å². The summed E-state index contributed by atoms with van der Waals surface area (Å²) in [4.78, 5) is 9.49. The van der Waals surface area contributed by atoms with Gasteiger partial charge in [0.05, 0.1) is 0 Å². The number of nitrogens with zero attached hydrogens (tertiary/aromatic N) is 3. The van der Waals surface area contributed by atoms with Gasteiger partial charge < -0.3 is 15.5 Å². The lowest BCUT2D eigenvalue weighted by Crippen LogP contribution is -2.50. The molecule has 0 amide bonds. The molecule has 0 aromatic heterocycles. The van der Waals surface area contributed by atoms with E-state index in [-0.39, 0.29) is 0 Å². The largest absolute Gasteiger partial charge is 0.369 e. The Bertz CT molecular complexity index is 565. The highest BCUT2D eigenvalue weighted by Gasteiger charge is 2.24. The van der Waals surface area contributed by atoms with Gasteiger partial charge in [-0.3, -0.25) is 9.89 Å². The van der Waals surface area contributed by atoms with Gasteiger partial charge in [0.2, 0.25) is 0 Å². The van der Waals surface area contributed by atoms with Crippen molar-refractivity contribution in [2.45, 2.75) is 45.2 Å². The van der Waals surface area contributed by atoms with Gasteiger partial charge in [0, 0.05) is 44.5 Å². The minimum Gasteiger partial charge on any atom is -0.369 e. The number of aliphatic imine (C=N–C) groups is 1. The molecule has 1 aromatic rings. The fourth-order valence-corrected chi connectivity index (χ4v) is 3.98. The number of hydrogen-bond donors (Lipinski definition) is 2. The van der Waals surface area contributed by atoms with Crippen LogP contribution in [0.2, 0.25) is 0 Å². The quantitative estimate of drug-likeness (QED) is 0.628. The molecule has 2 fully saturated rings. The molecule has 2 N–H and O–H groups in total. The summed E-state index contributed by atoms with van der Waals surface area (Å²) in [6.45, 7) is 10.2. The molecule has 0 aliphatic carbocycles. The van der Waals surface area contributed by atoms with E-state index >= 15 is 0 Å². The second-order valence-electron chi connectivity index (χ2n) is 7.93. The maximum Gasteiger partial charge on any atom is 0.191 e. The summed E-state index contributed by atoms with van der Waals surface area (Å²) in [6.07, 6.45) is 3.80. The zero-order valence-electron chi connectivity index (χ0n) is 16.6. The maximum absolute atomic E-state index is 4.44. The predicted molar refractivity (Wildman–Crippen MR) is 111 cm³/mol. The first-order valence-corrected chi connectivity index (χ1v) is 10.2. The Morgan fingerprint density at radius 3 is 2.58 bits per heavy atom. The lowest BCUT2D eigenvalue weighted by atomic mass is 9.98. The molecule has 2 aliphatic rings. The van der Waals surface area contributed by atoms with Crippen molar-refractivity contribution in [1.82, 2.24) is 15.5 Å². The Hall–Kier alpha value is -1.75. The number of hydrogen-bond acceptors (Lipinski definition) is 3. The molecule has 2 atom stereocenters. The molecule has 144 valence electrons. The average molecular weight is 358 g/mol. The van der Waals surface area contributed by atoms with Gasteiger partial charge in [-0.2, -0.15) is 0 Å². The van der Waals surface area contributed by atoms with Crippen molar-refractivity contribution in [3.05, 3.63) is 30.3 Å². The molecule has 0 radical (unpaired) electrons. The van der Waals surface area contributed by atoms with Crippen LogP contribution < -0.4 is 15.5 Å². The number of likely N-dealkylation sites (tertiary alicyclic amines) is 1. The van der Waals surface area contributed by atoms with E-state index < -0.39 is 0 Å². The van der Waals surface area contributed by atoms with E-state index in [2.05, 4.69) is 69.6 Å². The van der Waals surface area contributed by atoms with Crippen molar-refractivity contribution in [3.8, 4) is 0 Å². The molecular weight excluding hydrogens is 322 g/mol. The predicted octanol–water partition coefficient (Wildman–Crippen LogP) is 2.55. The van der Waals surface area contributed by atoms with Crippen molar-refractivity contribution >= 4 is 11.6 Å². The van der Waals surface area contributed by atoms with E-state index in [1.54, 1.807) is 0 Å². The summed E-state index contributed by atoms with van der Waals surface area (Å²) < 4.78 is 0. The Morgan fingerprint density at radius 2 is 1.88 bits per heavy atom. The van der Waals surface area contributed by atoms with Crippen LogP contribution >= 0.6 is 0 Å². The zero-order chi connectivity index (χ0) is 18.4. The summed E-state index contributed by atoms with van der Waals surface area (Å²) in [7, 11) is 1.87. The summed E-state index contributed by atoms with van der Waals surface area (Å²) in [5, 5.41) is 7.15. The molecule has 0 spiro atoms. The van der Waals surface area contributed by atoms with Crippen molar-refractivity contribution in [1.29, 1.82) is 0 Å². The van der Waals surface area contributed by atoms with Crippen LogP contribution in [0.3, 0.4) is 0 Å². The van der Waals surface area contributed by atoms with Crippen molar-refractivity contribution in [2.24, 2.45) is 10.9 Å². The fraction of sp³-hybridized carbons (Fsp3) is 0.667. The Labute approximate surface area is 158 Å². The zero-order valence-corrected chi connectivity index (χ0v) is 16.6. The average Bonchev–Trinajstić information content (AvgIpc) is 3.14. The first-order chi connectivity index (χ1) is 12.7. The molecule has 0 saturated carbocycles. The van der Waals surface area contributed by atoms with Crippen molar-refractivity contribution in [3.63, 3.8) is 0 Å². The van der Waals surface area contributed by atoms with E-state index in [1.807, 2.05) is 7.05 Å². The van der Waals surface area contributed by atoms with E-state index in [1.165, 1.54) is 31.6 Å². The van der Waals surface area contributed by atoms with Crippen LogP contribution in [0.1, 0.15) is 33.1 Å². The molecule has 2 aliphatic heterocycles. The number of benzene rings is 1. The second kappa shape index (κ2) is 9.26. The van der Waals surface area contributed by atoms with E-state index in [9.17, 15) is 0 Å². The molecule has 2 saturated heterocycles. The number of rotatable bonds is 5. The van der Waals surface area contributed by atoms with Crippen LogP contribution in [0.25, 0.3) is 0 Å². The van der Waals surface area contributed by atoms with Gasteiger partial charge >= 0.3 is 0 Å². The fourth-order valence-electron chi connectivity index (χ4n) is 3.98. The Kier molecular flexibility index (Phi) is 6.78. The Balaban J connectivity index is 1.42. The first kappa shape index (κ1) is 19.0. The van der Waals surface area contributed by atoms with Crippen molar-refractivity contribution < 1.29 is 0 Å². The van der Waals surface area contributed by atoms with Gasteiger partial charge in [-0.1, -0.05) is 25.1 Å². The van der Waals surface area contributed by atoms with E-state index in [4.69, 9.17) is 0 Å². The number of nitrogens with one attached hydrogen (secondary N) is 2. The highest BCUT2D eigenvalue weighted by atomic mass is 15.3. The minimum absolute atomic E-state index is 0.451. The lowest BCUT2D eigenvalue weighted by molar-refractivity contribution is 0.147. The van der Waals surface area contributed by atoms with E-state index in [0.29, 0.717) is 12.1 Å². The van der Waals surface area contributed by atoms with Crippen LogP contribution in [-0.2, 0) is 0 Å².